The molecular formula is C18H37N5O. The molecule has 6 heteroatoms. The first-order valence-corrected chi connectivity index (χ1v) is 9.67. The summed E-state index contributed by atoms with van der Waals surface area (Å²) in [5, 5.41) is 3.43. The fourth-order valence-electron chi connectivity index (χ4n) is 3.47. The van der Waals surface area contributed by atoms with E-state index in [0.717, 1.165) is 51.8 Å². The second-order valence-corrected chi connectivity index (χ2v) is 7.20. The monoisotopic (exact) mass is 339 g/mol. The van der Waals surface area contributed by atoms with E-state index in [-0.39, 0.29) is 0 Å². The van der Waals surface area contributed by atoms with Crippen molar-refractivity contribution in [1.82, 2.24) is 20.0 Å². The highest BCUT2D eigenvalue weighted by molar-refractivity contribution is 5.79. The minimum atomic E-state index is 0.646. The van der Waals surface area contributed by atoms with Gasteiger partial charge >= 0.3 is 0 Å². The van der Waals surface area contributed by atoms with Crippen LogP contribution >= 0.6 is 0 Å². The molecule has 24 heavy (non-hydrogen) atoms. The maximum Gasteiger partial charge on any atom is 0.193 e. The van der Waals surface area contributed by atoms with Crippen molar-refractivity contribution < 1.29 is 4.74 Å². The Labute approximate surface area is 148 Å². The lowest BCUT2D eigenvalue weighted by Gasteiger charge is -2.25. The van der Waals surface area contributed by atoms with Crippen molar-refractivity contribution in [3.63, 3.8) is 0 Å². The Bertz CT molecular complexity index is 370. The van der Waals surface area contributed by atoms with Crippen LogP contribution in [0.3, 0.4) is 0 Å². The van der Waals surface area contributed by atoms with Gasteiger partial charge in [0.15, 0.2) is 5.96 Å². The van der Waals surface area contributed by atoms with Crippen molar-refractivity contribution in [3.8, 4) is 0 Å². The second-order valence-electron chi connectivity index (χ2n) is 7.20. The first-order chi connectivity index (χ1) is 11.7. The zero-order valence-electron chi connectivity index (χ0n) is 16.0. The minimum absolute atomic E-state index is 0.646. The Hall–Kier alpha value is -0.850. The Kier molecular flexibility index (Phi) is 8.84. The summed E-state index contributed by atoms with van der Waals surface area (Å²) in [5.74, 6) is 1.69. The summed E-state index contributed by atoms with van der Waals surface area (Å²) in [4.78, 5) is 12.1. The number of nitrogens with zero attached hydrogens (tertiary/aromatic N) is 4. The van der Waals surface area contributed by atoms with Crippen LogP contribution in [0.25, 0.3) is 0 Å². The smallest absolute Gasteiger partial charge is 0.193 e. The average Bonchev–Trinajstić information content (AvgIpc) is 2.98. The predicted octanol–water partition coefficient (Wildman–Crippen LogP) is 0.948. The number of hydrogen-bond donors (Lipinski definition) is 1. The van der Waals surface area contributed by atoms with Gasteiger partial charge in [0.1, 0.15) is 0 Å². The Morgan fingerprint density at radius 1 is 1.29 bits per heavy atom. The SMILES string of the molecule is CCNC(=NCCCN1CCCN(C)CC1)N(C)CC1CCOC1. The molecule has 6 nitrogen and oxygen atoms in total. The third kappa shape index (κ3) is 6.95. The number of guanidine groups is 1. The molecule has 1 unspecified atom stereocenters. The zero-order chi connectivity index (χ0) is 17.2. The van der Waals surface area contributed by atoms with Crippen LogP contribution in [0.15, 0.2) is 4.99 Å². The predicted molar refractivity (Wildman–Crippen MR) is 101 cm³/mol. The van der Waals surface area contributed by atoms with Crippen molar-refractivity contribution in [2.75, 3.05) is 79.7 Å². The number of ether oxygens (including phenoxy) is 1. The van der Waals surface area contributed by atoms with Crippen molar-refractivity contribution in [2.45, 2.75) is 26.2 Å². The summed E-state index contributed by atoms with van der Waals surface area (Å²) >= 11 is 0. The molecule has 0 aromatic rings. The molecular weight excluding hydrogens is 302 g/mol. The molecule has 2 heterocycles. The number of likely N-dealkylation sites (N-methyl/N-ethyl adjacent to an activating group) is 1. The normalized spacial score (nSPS) is 24.1. The van der Waals surface area contributed by atoms with Crippen LogP contribution in [0.5, 0.6) is 0 Å². The van der Waals surface area contributed by atoms with E-state index < -0.39 is 0 Å². The number of rotatable bonds is 7. The van der Waals surface area contributed by atoms with E-state index >= 15 is 0 Å². The van der Waals surface area contributed by atoms with Gasteiger partial charge in [-0.15, -0.1) is 0 Å². The van der Waals surface area contributed by atoms with E-state index in [4.69, 9.17) is 9.73 Å². The van der Waals surface area contributed by atoms with Gasteiger partial charge in [0.05, 0.1) is 6.61 Å². The highest BCUT2D eigenvalue weighted by Crippen LogP contribution is 2.13. The largest absolute Gasteiger partial charge is 0.381 e. The topological polar surface area (TPSA) is 43.3 Å². The van der Waals surface area contributed by atoms with E-state index in [2.05, 4.69) is 41.0 Å². The fraction of sp³-hybridized carbons (Fsp3) is 0.944. The van der Waals surface area contributed by atoms with Crippen molar-refractivity contribution in [2.24, 2.45) is 10.9 Å². The van der Waals surface area contributed by atoms with Crippen LogP contribution in [0.2, 0.25) is 0 Å². The summed E-state index contributed by atoms with van der Waals surface area (Å²) in [7, 11) is 4.37. The molecule has 1 N–H and O–H groups in total. The molecule has 2 aliphatic heterocycles. The average molecular weight is 340 g/mol. The lowest BCUT2D eigenvalue weighted by Crippen LogP contribution is -2.41. The van der Waals surface area contributed by atoms with Crippen LogP contribution in [0.4, 0.5) is 0 Å². The van der Waals surface area contributed by atoms with E-state index in [1.807, 2.05) is 0 Å². The maximum atomic E-state index is 5.49. The highest BCUT2D eigenvalue weighted by atomic mass is 16.5. The molecule has 2 fully saturated rings. The number of nitrogens with one attached hydrogen (secondary N) is 1. The van der Waals surface area contributed by atoms with Gasteiger partial charge in [0.25, 0.3) is 0 Å². The Balaban J connectivity index is 1.71. The Morgan fingerprint density at radius 2 is 2.17 bits per heavy atom. The molecule has 0 radical (unpaired) electrons. The molecule has 2 rings (SSSR count). The first kappa shape index (κ1) is 19.5. The van der Waals surface area contributed by atoms with Gasteiger partial charge in [-0.25, -0.2) is 0 Å². The molecule has 2 saturated heterocycles. The lowest BCUT2D eigenvalue weighted by atomic mass is 10.1. The summed E-state index contributed by atoms with van der Waals surface area (Å²) < 4.78 is 5.49. The lowest BCUT2D eigenvalue weighted by molar-refractivity contribution is 0.181. The van der Waals surface area contributed by atoms with E-state index in [1.165, 1.54) is 39.0 Å². The quantitative estimate of drug-likeness (QED) is 0.425. The molecule has 2 aliphatic rings. The van der Waals surface area contributed by atoms with E-state index in [1.54, 1.807) is 0 Å². The molecule has 0 aromatic heterocycles. The molecule has 0 bridgehead atoms. The zero-order valence-corrected chi connectivity index (χ0v) is 16.0. The van der Waals surface area contributed by atoms with Gasteiger partial charge in [-0.1, -0.05) is 0 Å². The first-order valence-electron chi connectivity index (χ1n) is 9.67. The fourth-order valence-corrected chi connectivity index (χ4v) is 3.47. The van der Waals surface area contributed by atoms with Crippen molar-refractivity contribution >= 4 is 5.96 Å². The van der Waals surface area contributed by atoms with Crippen LogP contribution in [-0.4, -0.2) is 100 Å². The van der Waals surface area contributed by atoms with E-state index in [0.29, 0.717) is 5.92 Å². The summed E-state index contributed by atoms with van der Waals surface area (Å²) in [6, 6.07) is 0. The standard InChI is InChI=1S/C18H37N5O/c1-4-19-18(22(3)15-17-7-14-24-16-17)20-8-5-10-23-11-6-9-21(2)12-13-23/h17H,4-16H2,1-3H3,(H,19,20). The maximum absolute atomic E-state index is 5.49. The van der Waals surface area contributed by atoms with E-state index in [9.17, 15) is 0 Å². The van der Waals surface area contributed by atoms with Gasteiger partial charge < -0.3 is 24.8 Å². The van der Waals surface area contributed by atoms with Crippen molar-refractivity contribution in [1.29, 1.82) is 0 Å². The van der Waals surface area contributed by atoms with Gasteiger partial charge in [-0.3, -0.25) is 4.99 Å². The molecule has 0 aliphatic carbocycles. The van der Waals surface area contributed by atoms with Gasteiger partial charge in [-0.2, -0.15) is 0 Å². The van der Waals surface area contributed by atoms with Crippen LogP contribution in [0, 0.1) is 5.92 Å². The minimum Gasteiger partial charge on any atom is -0.381 e. The van der Waals surface area contributed by atoms with Crippen LogP contribution in [0.1, 0.15) is 26.2 Å². The number of aliphatic imine (C=N–C) groups is 1. The third-order valence-electron chi connectivity index (χ3n) is 4.96. The molecule has 0 saturated carbocycles. The third-order valence-corrected chi connectivity index (χ3v) is 4.96. The second kappa shape index (κ2) is 10.9. The Morgan fingerprint density at radius 3 is 2.92 bits per heavy atom. The highest BCUT2D eigenvalue weighted by Gasteiger charge is 2.19. The molecule has 1 atom stereocenters. The molecule has 0 aromatic carbocycles. The molecule has 0 spiro atoms. The van der Waals surface area contributed by atoms with Crippen LogP contribution in [-0.2, 0) is 4.74 Å². The van der Waals surface area contributed by atoms with Gasteiger partial charge in [0.2, 0.25) is 0 Å². The number of hydrogen-bond acceptors (Lipinski definition) is 4. The van der Waals surface area contributed by atoms with Gasteiger partial charge in [0, 0.05) is 52.3 Å². The molecule has 0 amide bonds. The molecule has 140 valence electrons. The van der Waals surface area contributed by atoms with Crippen LogP contribution < -0.4 is 5.32 Å². The van der Waals surface area contributed by atoms with Crippen molar-refractivity contribution in [3.05, 3.63) is 0 Å². The summed E-state index contributed by atoms with van der Waals surface area (Å²) in [5.41, 5.74) is 0. The van der Waals surface area contributed by atoms with Gasteiger partial charge in [-0.05, 0) is 52.9 Å². The summed E-state index contributed by atoms with van der Waals surface area (Å²) in [6.07, 6.45) is 3.60. The summed E-state index contributed by atoms with van der Waals surface area (Å²) in [6.45, 7) is 12.8.